The van der Waals surface area contributed by atoms with Gasteiger partial charge in [-0.1, -0.05) is 151 Å². The van der Waals surface area contributed by atoms with Crippen molar-refractivity contribution in [2.45, 2.75) is 187 Å². The molecule has 6 unspecified atom stereocenters. The molecule has 0 aromatic rings. The van der Waals surface area contributed by atoms with E-state index in [1.807, 2.05) is 37.4 Å². The predicted molar refractivity (Wildman–Crippen MR) is 193 cm³/mol. The summed E-state index contributed by atoms with van der Waals surface area (Å²) in [6, 6.07) is 0. The maximum Gasteiger partial charge on any atom is 0.307 e. The van der Waals surface area contributed by atoms with Crippen LogP contribution in [0, 0.1) is 23.7 Å². The maximum atomic E-state index is 11.8. The van der Waals surface area contributed by atoms with Crippen LogP contribution >= 0.6 is 23.5 Å². The molecule has 256 valence electrons. The van der Waals surface area contributed by atoms with Crippen molar-refractivity contribution in [1.82, 2.24) is 0 Å². The number of thioether (sulfide) groups is 2. The number of carboxylic acid groups (broad SMARTS) is 2. The Kier molecular flexibility index (Phi) is 28.8. The van der Waals surface area contributed by atoms with Crippen LogP contribution in [0.15, 0.2) is 0 Å². The lowest BCUT2D eigenvalue weighted by Gasteiger charge is -2.22. The van der Waals surface area contributed by atoms with Crippen molar-refractivity contribution in [2.75, 3.05) is 11.5 Å². The summed E-state index contributed by atoms with van der Waals surface area (Å²) in [5.41, 5.74) is 0. The van der Waals surface area contributed by atoms with Crippen molar-refractivity contribution in [2.24, 2.45) is 23.7 Å². The smallest absolute Gasteiger partial charge is 0.307 e. The van der Waals surface area contributed by atoms with E-state index in [9.17, 15) is 19.8 Å². The monoisotopic (exact) mass is 644 g/mol. The Morgan fingerprint density at radius 1 is 0.465 bits per heavy atom. The number of unbranched alkanes of at least 4 members (excludes halogenated alkanes) is 6. The first-order valence-corrected chi connectivity index (χ1v) is 20.5. The third kappa shape index (κ3) is 22.7. The summed E-state index contributed by atoms with van der Waals surface area (Å²) in [6.45, 7) is 12.9. The van der Waals surface area contributed by atoms with Crippen molar-refractivity contribution in [3.63, 3.8) is 0 Å². The Morgan fingerprint density at radius 2 is 0.814 bits per heavy atom. The zero-order valence-electron chi connectivity index (χ0n) is 29.3. The van der Waals surface area contributed by atoms with Crippen LogP contribution in [-0.2, 0) is 9.59 Å². The second-order valence-corrected chi connectivity index (χ2v) is 16.0. The third-order valence-corrected chi connectivity index (χ3v) is 12.6. The molecule has 0 radical (unpaired) electrons. The van der Waals surface area contributed by atoms with Gasteiger partial charge in [0, 0.05) is 10.5 Å². The zero-order valence-corrected chi connectivity index (χ0v) is 30.9. The molecule has 0 rings (SSSR count). The SMILES string of the molecule is CCCCC(CCC)CCCCSC(CCCCCC(SCCCCC(CCC)CCCC)C(C)C(=O)O)C(C)C(=O)O. The Balaban J connectivity index is 4.54. The minimum Gasteiger partial charge on any atom is -0.481 e. The highest BCUT2D eigenvalue weighted by atomic mass is 32.2. The molecule has 0 aliphatic carbocycles. The van der Waals surface area contributed by atoms with Crippen LogP contribution < -0.4 is 0 Å². The zero-order chi connectivity index (χ0) is 32.3. The molecule has 6 heteroatoms. The number of carboxylic acids is 2. The molecule has 0 saturated carbocycles. The average Bonchev–Trinajstić information content (AvgIpc) is 2.98. The van der Waals surface area contributed by atoms with Crippen molar-refractivity contribution < 1.29 is 19.8 Å². The number of rotatable bonds is 32. The molecule has 0 heterocycles. The molecule has 0 aliphatic heterocycles. The average molecular weight is 645 g/mol. The van der Waals surface area contributed by atoms with Gasteiger partial charge in [-0.25, -0.2) is 0 Å². The van der Waals surface area contributed by atoms with Gasteiger partial charge in [-0.2, -0.15) is 23.5 Å². The quantitative estimate of drug-likeness (QED) is 0.0710. The topological polar surface area (TPSA) is 74.6 Å². The van der Waals surface area contributed by atoms with E-state index in [4.69, 9.17) is 0 Å². The summed E-state index contributed by atoms with van der Waals surface area (Å²) in [5, 5.41) is 19.7. The van der Waals surface area contributed by atoms with Crippen LogP contribution in [-0.4, -0.2) is 44.2 Å². The first-order chi connectivity index (χ1) is 20.7. The van der Waals surface area contributed by atoms with Crippen LogP contribution in [0.4, 0.5) is 0 Å². The second-order valence-electron chi connectivity index (χ2n) is 13.3. The van der Waals surface area contributed by atoms with Gasteiger partial charge in [0.15, 0.2) is 0 Å². The van der Waals surface area contributed by atoms with Gasteiger partial charge in [0.25, 0.3) is 0 Å². The lowest BCUT2D eigenvalue weighted by atomic mass is 9.92. The summed E-state index contributed by atoms with van der Waals surface area (Å²) in [5.74, 6) is 1.83. The number of aliphatic carboxylic acids is 2. The minimum atomic E-state index is -0.682. The molecular weight excluding hydrogens is 573 g/mol. The molecule has 0 fully saturated rings. The van der Waals surface area contributed by atoms with E-state index in [1.165, 1.54) is 103 Å². The summed E-state index contributed by atoms with van der Waals surface area (Å²) < 4.78 is 0. The van der Waals surface area contributed by atoms with Crippen LogP contribution in [0.1, 0.15) is 176 Å². The van der Waals surface area contributed by atoms with Gasteiger partial charge in [-0.3, -0.25) is 9.59 Å². The van der Waals surface area contributed by atoms with Crippen molar-refractivity contribution in [3.05, 3.63) is 0 Å². The van der Waals surface area contributed by atoms with Gasteiger partial charge in [0.2, 0.25) is 0 Å². The predicted octanol–water partition coefficient (Wildman–Crippen LogP) is 12.1. The highest BCUT2D eigenvalue weighted by Gasteiger charge is 2.25. The molecule has 0 amide bonds. The van der Waals surface area contributed by atoms with Crippen molar-refractivity contribution in [1.29, 1.82) is 0 Å². The fraction of sp³-hybridized carbons (Fsp3) is 0.946. The highest BCUT2D eigenvalue weighted by Crippen LogP contribution is 2.31. The van der Waals surface area contributed by atoms with E-state index < -0.39 is 11.9 Å². The Morgan fingerprint density at radius 3 is 1.14 bits per heavy atom. The molecule has 0 spiro atoms. The third-order valence-electron chi connectivity index (χ3n) is 9.37. The Labute approximate surface area is 276 Å². The molecule has 0 aromatic carbocycles. The van der Waals surface area contributed by atoms with Gasteiger partial charge in [-0.05, 0) is 49.0 Å². The summed E-state index contributed by atoms with van der Waals surface area (Å²) >= 11 is 3.75. The Bertz CT molecular complexity index is 605. The maximum absolute atomic E-state index is 11.8. The second kappa shape index (κ2) is 29.1. The Hall–Kier alpha value is -0.360. The van der Waals surface area contributed by atoms with Crippen molar-refractivity contribution >= 4 is 35.5 Å². The molecule has 0 aromatic heterocycles. The lowest BCUT2D eigenvalue weighted by Crippen LogP contribution is -2.24. The van der Waals surface area contributed by atoms with Gasteiger partial charge in [0.05, 0.1) is 11.8 Å². The normalized spacial score (nSPS) is 16.0. The van der Waals surface area contributed by atoms with Crippen LogP contribution in [0.2, 0.25) is 0 Å². The van der Waals surface area contributed by atoms with E-state index in [0.29, 0.717) is 0 Å². The molecule has 2 N–H and O–H groups in total. The fourth-order valence-electron chi connectivity index (χ4n) is 6.35. The standard InChI is InChI=1S/C37H72O4S2/c1-7-11-22-32(20-9-3)24-16-18-28-42-34(30(5)36(38)39)26-14-13-15-27-35(31(6)37(40)41)43-29-19-17-25-33(21-10-4)23-12-8-2/h30-35H,7-29H2,1-6H3,(H,38,39)(H,40,41). The van der Waals surface area contributed by atoms with Crippen LogP contribution in [0.3, 0.4) is 0 Å². The molecule has 6 atom stereocenters. The molecular formula is C37H72O4S2. The van der Waals surface area contributed by atoms with Crippen molar-refractivity contribution in [3.8, 4) is 0 Å². The molecule has 43 heavy (non-hydrogen) atoms. The first-order valence-electron chi connectivity index (χ1n) is 18.4. The summed E-state index contributed by atoms with van der Waals surface area (Å²) in [6.07, 6.45) is 25.7. The molecule has 0 aliphatic rings. The molecule has 4 nitrogen and oxygen atoms in total. The largest absolute Gasteiger partial charge is 0.481 e. The van der Waals surface area contributed by atoms with Crippen LogP contribution in [0.5, 0.6) is 0 Å². The van der Waals surface area contributed by atoms with E-state index >= 15 is 0 Å². The van der Waals surface area contributed by atoms with E-state index in [1.54, 1.807) is 0 Å². The van der Waals surface area contributed by atoms with Gasteiger partial charge >= 0.3 is 11.9 Å². The van der Waals surface area contributed by atoms with Crippen LogP contribution in [0.25, 0.3) is 0 Å². The van der Waals surface area contributed by atoms with E-state index in [-0.39, 0.29) is 22.3 Å². The highest BCUT2D eigenvalue weighted by molar-refractivity contribution is 8.00. The molecule has 0 saturated heterocycles. The number of hydrogen-bond acceptors (Lipinski definition) is 4. The lowest BCUT2D eigenvalue weighted by molar-refractivity contribution is -0.142. The minimum absolute atomic E-state index is 0.168. The summed E-state index contributed by atoms with van der Waals surface area (Å²) in [7, 11) is 0. The summed E-state index contributed by atoms with van der Waals surface area (Å²) in [4.78, 5) is 23.6. The molecule has 0 bridgehead atoms. The van der Waals surface area contributed by atoms with Gasteiger partial charge in [-0.15, -0.1) is 0 Å². The first kappa shape index (κ1) is 42.6. The van der Waals surface area contributed by atoms with E-state index in [0.717, 1.165) is 55.4 Å². The van der Waals surface area contributed by atoms with E-state index in [2.05, 4.69) is 27.7 Å². The van der Waals surface area contributed by atoms with Gasteiger partial charge in [0.1, 0.15) is 0 Å². The van der Waals surface area contributed by atoms with Gasteiger partial charge < -0.3 is 10.2 Å². The fourth-order valence-corrected chi connectivity index (χ4v) is 9.17. The number of carbonyl (C=O) groups is 2. The number of hydrogen-bond donors (Lipinski definition) is 2.